The fourth-order valence-corrected chi connectivity index (χ4v) is 3.51. The second-order valence-electron chi connectivity index (χ2n) is 7.46. The van der Waals surface area contributed by atoms with Gasteiger partial charge in [0.2, 0.25) is 0 Å². The van der Waals surface area contributed by atoms with Gasteiger partial charge >= 0.3 is 5.63 Å². The van der Waals surface area contributed by atoms with Gasteiger partial charge in [0.15, 0.2) is 6.10 Å². The second kappa shape index (κ2) is 9.49. The normalized spacial score (nSPS) is 11.9. The largest absolute Gasteiger partial charge is 0.478 e. The molecule has 0 fully saturated rings. The molecule has 0 radical (unpaired) electrons. The van der Waals surface area contributed by atoms with Crippen molar-refractivity contribution < 1.29 is 18.7 Å². The number of amides is 1. The minimum absolute atomic E-state index is 0.00450. The molecular weight excluding hydrogens is 406 g/mol. The van der Waals surface area contributed by atoms with E-state index in [9.17, 15) is 9.59 Å². The molecule has 0 spiro atoms. The van der Waals surface area contributed by atoms with Crippen LogP contribution in [0.3, 0.4) is 0 Å². The Morgan fingerprint density at radius 1 is 0.969 bits per heavy atom. The van der Waals surface area contributed by atoms with Gasteiger partial charge < -0.3 is 19.6 Å². The zero-order valence-electron chi connectivity index (χ0n) is 17.6. The van der Waals surface area contributed by atoms with Crippen LogP contribution in [0.4, 0.5) is 0 Å². The molecular formula is C26H23NO5. The highest BCUT2D eigenvalue weighted by Crippen LogP contribution is 2.31. The van der Waals surface area contributed by atoms with E-state index in [4.69, 9.17) is 19.6 Å². The summed E-state index contributed by atoms with van der Waals surface area (Å²) >= 11 is 0. The predicted molar refractivity (Wildman–Crippen MR) is 122 cm³/mol. The van der Waals surface area contributed by atoms with Crippen LogP contribution >= 0.6 is 0 Å². The Kier molecular flexibility index (Phi) is 6.33. The van der Waals surface area contributed by atoms with Gasteiger partial charge in [-0.25, -0.2) is 4.79 Å². The number of benzene rings is 3. The Labute approximate surface area is 185 Å². The third kappa shape index (κ3) is 4.87. The fraction of sp³-hybridized carbons (Fsp3) is 0.154. The van der Waals surface area contributed by atoms with Gasteiger partial charge in [-0.15, -0.1) is 0 Å². The van der Waals surface area contributed by atoms with Crippen LogP contribution in [0.15, 0.2) is 88.1 Å². The Morgan fingerprint density at radius 2 is 1.72 bits per heavy atom. The molecule has 1 atom stereocenters. The standard InChI is InChI=1S/C26H23NO5/c1-17-7-5-6-10-20(17)22-14-25(28)32-23-13-19(11-12-21(22)23)31-24(26(27)29)16-30-15-18-8-3-2-4-9-18/h2-14,24H,15-16H2,1H3,(H2,27,29)/t24-/m0/s1. The molecule has 4 rings (SSSR count). The lowest BCUT2D eigenvalue weighted by atomic mass is 9.98. The molecule has 0 aliphatic rings. The van der Waals surface area contributed by atoms with E-state index in [0.717, 1.165) is 27.6 Å². The Hall–Kier alpha value is -3.90. The quantitative estimate of drug-likeness (QED) is 0.424. The second-order valence-corrected chi connectivity index (χ2v) is 7.46. The molecule has 0 bridgehead atoms. The fourth-order valence-electron chi connectivity index (χ4n) is 3.51. The number of carbonyl (C=O) groups excluding carboxylic acids is 1. The number of hydrogen-bond acceptors (Lipinski definition) is 5. The topological polar surface area (TPSA) is 91.8 Å². The zero-order chi connectivity index (χ0) is 22.5. The Morgan fingerprint density at radius 3 is 2.47 bits per heavy atom. The van der Waals surface area contributed by atoms with Gasteiger partial charge in [0.05, 0.1) is 13.2 Å². The maximum atomic E-state index is 12.2. The van der Waals surface area contributed by atoms with E-state index < -0.39 is 17.6 Å². The van der Waals surface area contributed by atoms with Crippen molar-refractivity contribution in [2.75, 3.05) is 6.61 Å². The third-order valence-electron chi connectivity index (χ3n) is 5.13. The first-order chi connectivity index (χ1) is 15.5. The van der Waals surface area contributed by atoms with E-state index >= 15 is 0 Å². The van der Waals surface area contributed by atoms with Crippen molar-refractivity contribution in [2.24, 2.45) is 5.73 Å². The van der Waals surface area contributed by atoms with Crippen molar-refractivity contribution in [3.8, 4) is 16.9 Å². The highest BCUT2D eigenvalue weighted by molar-refractivity contribution is 5.94. The molecule has 32 heavy (non-hydrogen) atoms. The summed E-state index contributed by atoms with van der Waals surface area (Å²) in [5, 5.41) is 0.766. The zero-order valence-corrected chi connectivity index (χ0v) is 17.6. The minimum atomic E-state index is -0.984. The van der Waals surface area contributed by atoms with Crippen molar-refractivity contribution >= 4 is 16.9 Å². The summed E-state index contributed by atoms with van der Waals surface area (Å²) < 4.78 is 16.8. The number of aryl methyl sites for hydroxylation is 1. The maximum absolute atomic E-state index is 12.2. The van der Waals surface area contributed by atoms with Crippen LogP contribution in [0.1, 0.15) is 11.1 Å². The molecule has 0 aliphatic heterocycles. The first-order valence-corrected chi connectivity index (χ1v) is 10.2. The Balaban J connectivity index is 1.57. The molecule has 0 aliphatic carbocycles. The number of hydrogen-bond donors (Lipinski definition) is 1. The van der Waals surface area contributed by atoms with Crippen LogP contribution in [0.25, 0.3) is 22.1 Å². The lowest BCUT2D eigenvalue weighted by Gasteiger charge is -2.17. The molecule has 6 nitrogen and oxygen atoms in total. The number of fused-ring (bicyclic) bond motifs is 1. The molecule has 4 aromatic rings. The van der Waals surface area contributed by atoms with Gasteiger partial charge in [-0.2, -0.15) is 0 Å². The van der Waals surface area contributed by atoms with E-state index in [-0.39, 0.29) is 6.61 Å². The van der Waals surface area contributed by atoms with E-state index in [2.05, 4.69) is 0 Å². The molecule has 1 aromatic heterocycles. The van der Waals surface area contributed by atoms with Gasteiger partial charge in [0, 0.05) is 23.1 Å². The lowest BCUT2D eigenvalue weighted by molar-refractivity contribution is -0.127. The number of nitrogens with two attached hydrogens (primary N) is 1. The van der Waals surface area contributed by atoms with E-state index in [1.54, 1.807) is 18.2 Å². The van der Waals surface area contributed by atoms with Crippen LogP contribution in [-0.2, 0) is 16.1 Å². The van der Waals surface area contributed by atoms with Crippen molar-refractivity contribution in [1.82, 2.24) is 0 Å². The number of ether oxygens (including phenoxy) is 2. The average Bonchev–Trinajstić information content (AvgIpc) is 2.78. The molecule has 0 unspecified atom stereocenters. The van der Waals surface area contributed by atoms with E-state index in [1.807, 2.05) is 61.5 Å². The summed E-state index contributed by atoms with van der Waals surface area (Å²) in [6.07, 6.45) is -0.984. The predicted octanol–water partition coefficient (Wildman–Crippen LogP) is 4.22. The third-order valence-corrected chi connectivity index (χ3v) is 5.13. The van der Waals surface area contributed by atoms with Gasteiger partial charge in [-0.1, -0.05) is 54.6 Å². The maximum Gasteiger partial charge on any atom is 0.336 e. The van der Waals surface area contributed by atoms with Gasteiger partial charge in [0.25, 0.3) is 5.91 Å². The van der Waals surface area contributed by atoms with Crippen molar-refractivity contribution in [1.29, 1.82) is 0 Å². The SMILES string of the molecule is Cc1ccccc1-c1cc(=O)oc2cc(O[C@@H](COCc3ccccc3)C(N)=O)ccc12. The number of rotatable bonds is 8. The first-order valence-electron chi connectivity index (χ1n) is 10.2. The summed E-state index contributed by atoms with van der Waals surface area (Å²) in [5.74, 6) is -0.289. The molecule has 1 heterocycles. The van der Waals surface area contributed by atoms with E-state index in [1.165, 1.54) is 6.07 Å². The minimum Gasteiger partial charge on any atom is -0.478 e. The Bertz CT molecular complexity index is 1300. The molecule has 0 saturated carbocycles. The smallest absolute Gasteiger partial charge is 0.336 e. The molecule has 0 saturated heterocycles. The molecule has 3 aromatic carbocycles. The van der Waals surface area contributed by atoms with Crippen molar-refractivity contribution in [2.45, 2.75) is 19.6 Å². The van der Waals surface area contributed by atoms with Gasteiger partial charge in [-0.05, 0) is 35.7 Å². The highest BCUT2D eigenvalue weighted by Gasteiger charge is 2.19. The monoisotopic (exact) mass is 429 g/mol. The van der Waals surface area contributed by atoms with Crippen molar-refractivity contribution in [3.63, 3.8) is 0 Å². The summed E-state index contributed by atoms with van der Waals surface area (Å²) in [4.78, 5) is 24.1. The van der Waals surface area contributed by atoms with Crippen LogP contribution in [-0.4, -0.2) is 18.6 Å². The summed E-state index contributed by atoms with van der Waals surface area (Å²) in [5.41, 5.74) is 9.14. The molecule has 162 valence electrons. The van der Waals surface area contributed by atoms with Crippen LogP contribution in [0.2, 0.25) is 0 Å². The van der Waals surface area contributed by atoms with Crippen molar-refractivity contribution in [3.05, 3.63) is 100 Å². The average molecular weight is 429 g/mol. The number of carbonyl (C=O) groups is 1. The van der Waals surface area contributed by atoms with Gasteiger partial charge in [-0.3, -0.25) is 4.79 Å². The molecule has 2 N–H and O–H groups in total. The summed E-state index contributed by atoms with van der Waals surface area (Å²) in [6, 6.07) is 24.0. The van der Waals surface area contributed by atoms with Crippen LogP contribution < -0.4 is 16.1 Å². The van der Waals surface area contributed by atoms with Crippen LogP contribution in [0, 0.1) is 6.92 Å². The number of primary amides is 1. The summed E-state index contributed by atoms with van der Waals surface area (Å²) in [6.45, 7) is 2.32. The first kappa shape index (κ1) is 21.3. The summed E-state index contributed by atoms with van der Waals surface area (Å²) in [7, 11) is 0. The van der Waals surface area contributed by atoms with Gasteiger partial charge in [0.1, 0.15) is 11.3 Å². The van der Waals surface area contributed by atoms with Crippen LogP contribution in [0.5, 0.6) is 5.75 Å². The van der Waals surface area contributed by atoms with E-state index in [0.29, 0.717) is 17.9 Å². The highest BCUT2D eigenvalue weighted by atomic mass is 16.5. The molecule has 6 heteroatoms. The molecule has 1 amide bonds. The lowest BCUT2D eigenvalue weighted by Crippen LogP contribution is -2.37.